The van der Waals surface area contributed by atoms with E-state index in [1.165, 1.54) is 35.6 Å². The minimum atomic E-state index is -3.95. The van der Waals surface area contributed by atoms with E-state index in [9.17, 15) is 18.0 Å². The first-order valence-electron chi connectivity index (χ1n) is 11.2. The van der Waals surface area contributed by atoms with E-state index in [4.69, 9.17) is 9.47 Å². The van der Waals surface area contributed by atoms with Gasteiger partial charge in [0.2, 0.25) is 0 Å². The van der Waals surface area contributed by atoms with E-state index in [1.54, 1.807) is 6.92 Å². The van der Waals surface area contributed by atoms with Crippen molar-refractivity contribution in [2.75, 3.05) is 24.5 Å². The molecule has 0 spiro atoms. The minimum Gasteiger partial charge on any atom is -0.462 e. The van der Waals surface area contributed by atoms with Crippen LogP contribution in [0.2, 0.25) is 0 Å². The van der Waals surface area contributed by atoms with Crippen LogP contribution in [0.1, 0.15) is 63.8 Å². The van der Waals surface area contributed by atoms with E-state index in [2.05, 4.69) is 10.0 Å². The number of esters is 1. The molecule has 0 bridgehead atoms. The van der Waals surface area contributed by atoms with Gasteiger partial charge >= 0.3 is 5.97 Å². The number of thiophene rings is 1. The molecule has 1 saturated heterocycles. The van der Waals surface area contributed by atoms with E-state index in [0.29, 0.717) is 23.7 Å². The first kappa shape index (κ1) is 23.7. The predicted molar refractivity (Wildman–Crippen MR) is 125 cm³/mol. The first-order valence-corrected chi connectivity index (χ1v) is 13.5. The zero-order valence-corrected chi connectivity index (χ0v) is 20.1. The summed E-state index contributed by atoms with van der Waals surface area (Å²) >= 11 is 1.33. The van der Waals surface area contributed by atoms with Crippen molar-refractivity contribution in [3.05, 3.63) is 45.8 Å². The van der Waals surface area contributed by atoms with Crippen LogP contribution in [-0.2, 0) is 32.3 Å². The summed E-state index contributed by atoms with van der Waals surface area (Å²) < 4.78 is 39.3. The Labute approximate surface area is 197 Å². The molecule has 8 nitrogen and oxygen atoms in total. The highest BCUT2D eigenvalue weighted by atomic mass is 32.2. The number of benzene rings is 1. The average molecular weight is 493 g/mol. The Morgan fingerprint density at radius 3 is 2.61 bits per heavy atom. The molecule has 1 aliphatic carbocycles. The number of rotatable bonds is 8. The number of nitrogens with one attached hydrogen (secondary N) is 2. The fourth-order valence-corrected chi connectivity index (χ4v) is 6.74. The van der Waals surface area contributed by atoms with Crippen LogP contribution in [0, 0.1) is 0 Å². The van der Waals surface area contributed by atoms with Crippen molar-refractivity contribution < 1.29 is 27.5 Å². The molecule has 2 aromatic rings. The zero-order chi connectivity index (χ0) is 23.4. The number of anilines is 1. The Kier molecular flexibility index (Phi) is 7.35. The summed E-state index contributed by atoms with van der Waals surface area (Å²) in [5, 5.41) is 3.27. The van der Waals surface area contributed by atoms with E-state index in [-0.39, 0.29) is 29.1 Å². The molecule has 1 amide bonds. The van der Waals surface area contributed by atoms with Crippen LogP contribution in [0.15, 0.2) is 29.2 Å². The van der Waals surface area contributed by atoms with Crippen LogP contribution in [0.5, 0.6) is 0 Å². The number of aryl methyl sites for hydroxylation is 1. The average Bonchev–Trinajstić information content (AvgIpc) is 3.45. The van der Waals surface area contributed by atoms with Crippen LogP contribution >= 0.6 is 11.3 Å². The monoisotopic (exact) mass is 492 g/mol. The Morgan fingerprint density at radius 1 is 1.15 bits per heavy atom. The van der Waals surface area contributed by atoms with Crippen LogP contribution < -0.4 is 10.0 Å². The lowest BCUT2D eigenvalue weighted by Crippen LogP contribution is -2.32. The first-order chi connectivity index (χ1) is 15.9. The molecule has 1 aromatic heterocycles. The second-order valence-corrected chi connectivity index (χ2v) is 10.9. The van der Waals surface area contributed by atoms with E-state index in [0.717, 1.165) is 49.0 Å². The summed E-state index contributed by atoms with van der Waals surface area (Å²) in [6.07, 6.45) is 5.47. The van der Waals surface area contributed by atoms with Gasteiger partial charge in [-0.15, -0.1) is 11.3 Å². The third kappa shape index (κ3) is 5.39. The van der Waals surface area contributed by atoms with Gasteiger partial charge in [-0.3, -0.25) is 9.52 Å². The van der Waals surface area contributed by atoms with Gasteiger partial charge < -0.3 is 14.8 Å². The minimum absolute atomic E-state index is 0.00136. The molecule has 2 N–H and O–H groups in total. The second-order valence-electron chi connectivity index (χ2n) is 8.11. The van der Waals surface area contributed by atoms with Crippen molar-refractivity contribution in [1.82, 2.24) is 5.32 Å². The third-order valence-corrected chi connectivity index (χ3v) is 8.52. The van der Waals surface area contributed by atoms with Crippen molar-refractivity contribution >= 4 is 38.2 Å². The fourth-order valence-electron chi connectivity index (χ4n) is 4.14. The highest BCUT2D eigenvalue weighted by molar-refractivity contribution is 7.93. The number of hydrogen-bond acceptors (Lipinski definition) is 7. The Hall–Kier alpha value is -2.43. The number of fused-ring (bicyclic) bond motifs is 1. The molecule has 1 atom stereocenters. The number of hydrogen-bond donors (Lipinski definition) is 2. The lowest BCUT2D eigenvalue weighted by atomic mass is 9.95. The summed E-state index contributed by atoms with van der Waals surface area (Å²) in [5.74, 6) is -0.786. The van der Waals surface area contributed by atoms with Gasteiger partial charge in [0, 0.05) is 18.0 Å². The highest BCUT2D eigenvalue weighted by Crippen LogP contribution is 2.39. The Balaban J connectivity index is 1.57. The molecule has 4 rings (SSSR count). The topological polar surface area (TPSA) is 111 Å². The molecule has 33 heavy (non-hydrogen) atoms. The Morgan fingerprint density at radius 2 is 1.91 bits per heavy atom. The lowest BCUT2D eigenvalue weighted by molar-refractivity contribution is 0.0526. The normalized spacial score (nSPS) is 17.9. The summed E-state index contributed by atoms with van der Waals surface area (Å²) in [6, 6.07) is 5.56. The summed E-state index contributed by atoms with van der Waals surface area (Å²) in [5.41, 5.74) is 1.63. The largest absolute Gasteiger partial charge is 0.462 e. The maximum Gasteiger partial charge on any atom is 0.338 e. The Bertz CT molecular complexity index is 1120. The molecule has 1 aliphatic heterocycles. The molecule has 1 aromatic carbocycles. The molecule has 178 valence electrons. The standard InChI is InChI=1S/C23H28N2O6S2/c1-2-30-23(27)15-9-11-17(12-10-15)33(28,29)25-22-20(18-7-3-4-8-19(18)32-22)21(26)24-14-16-6-5-13-31-16/h9-12,16,25H,2-8,13-14H2,1H3,(H,24,26)/t16-/m1/s1. The highest BCUT2D eigenvalue weighted by Gasteiger charge is 2.29. The van der Waals surface area contributed by atoms with E-state index < -0.39 is 16.0 Å². The smallest absolute Gasteiger partial charge is 0.338 e. The van der Waals surface area contributed by atoms with E-state index in [1.807, 2.05) is 0 Å². The van der Waals surface area contributed by atoms with Gasteiger partial charge in [-0.2, -0.15) is 0 Å². The molecule has 2 aliphatic rings. The van der Waals surface area contributed by atoms with Crippen molar-refractivity contribution in [3.8, 4) is 0 Å². The fraction of sp³-hybridized carbons (Fsp3) is 0.478. The third-order valence-electron chi connectivity index (χ3n) is 5.82. The molecular weight excluding hydrogens is 464 g/mol. The van der Waals surface area contributed by atoms with Crippen LogP contribution in [0.3, 0.4) is 0 Å². The molecule has 0 radical (unpaired) electrons. The maximum absolute atomic E-state index is 13.1. The number of carbonyl (C=O) groups is 2. The maximum atomic E-state index is 13.1. The second kappa shape index (κ2) is 10.2. The van der Waals surface area contributed by atoms with Crippen molar-refractivity contribution in [2.24, 2.45) is 0 Å². The number of amides is 1. The summed E-state index contributed by atoms with van der Waals surface area (Å²) in [4.78, 5) is 26.0. The summed E-state index contributed by atoms with van der Waals surface area (Å²) in [7, 11) is -3.95. The van der Waals surface area contributed by atoms with Gasteiger partial charge in [0.25, 0.3) is 15.9 Å². The molecule has 0 unspecified atom stereocenters. The van der Waals surface area contributed by atoms with Crippen molar-refractivity contribution in [3.63, 3.8) is 0 Å². The summed E-state index contributed by atoms with van der Waals surface area (Å²) in [6.45, 7) is 3.05. The SMILES string of the molecule is CCOC(=O)c1ccc(S(=O)(=O)Nc2sc3c(c2C(=O)NC[C@H]2CCCO2)CCCC3)cc1. The zero-order valence-electron chi connectivity index (χ0n) is 18.5. The molecule has 10 heteroatoms. The van der Waals surface area contributed by atoms with Gasteiger partial charge in [0.1, 0.15) is 5.00 Å². The van der Waals surface area contributed by atoms with Gasteiger partial charge in [-0.05, 0) is 75.3 Å². The molecular formula is C23H28N2O6S2. The number of ether oxygens (including phenoxy) is 2. The van der Waals surface area contributed by atoms with E-state index >= 15 is 0 Å². The van der Waals surface area contributed by atoms with Crippen LogP contribution in [-0.4, -0.2) is 46.2 Å². The van der Waals surface area contributed by atoms with Gasteiger partial charge in [-0.25, -0.2) is 13.2 Å². The predicted octanol–water partition coefficient (Wildman–Crippen LogP) is 3.51. The van der Waals surface area contributed by atoms with Crippen molar-refractivity contribution in [2.45, 2.75) is 56.4 Å². The quantitative estimate of drug-likeness (QED) is 0.546. The van der Waals surface area contributed by atoms with Gasteiger partial charge in [0.15, 0.2) is 0 Å². The molecule has 1 fully saturated rings. The van der Waals surface area contributed by atoms with Crippen molar-refractivity contribution in [1.29, 1.82) is 0 Å². The number of carbonyl (C=O) groups excluding carboxylic acids is 2. The molecule has 0 saturated carbocycles. The van der Waals surface area contributed by atoms with Crippen LogP contribution in [0.4, 0.5) is 5.00 Å². The lowest BCUT2D eigenvalue weighted by Gasteiger charge is -2.15. The number of sulfonamides is 1. The molecule has 2 heterocycles. The van der Waals surface area contributed by atoms with Crippen LogP contribution in [0.25, 0.3) is 0 Å². The van der Waals surface area contributed by atoms with Gasteiger partial charge in [-0.1, -0.05) is 0 Å². The van der Waals surface area contributed by atoms with Gasteiger partial charge in [0.05, 0.1) is 28.7 Å².